The number of carbonyl (C=O) groups is 1. The van der Waals surface area contributed by atoms with E-state index in [2.05, 4.69) is 25.2 Å². The highest BCUT2D eigenvalue weighted by Gasteiger charge is 2.37. The van der Waals surface area contributed by atoms with Gasteiger partial charge in [0.2, 0.25) is 0 Å². The maximum atomic E-state index is 11.4. The summed E-state index contributed by atoms with van der Waals surface area (Å²) in [4.78, 5) is 11.4. The van der Waals surface area contributed by atoms with Crippen LogP contribution in [0, 0.1) is 12.3 Å². The maximum absolute atomic E-state index is 11.4. The fourth-order valence-corrected chi connectivity index (χ4v) is 2.31. The van der Waals surface area contributed by atoms with Gasteiger partial charge in [-0.2, -0.15) is 0 Å². The fourth-order valence-electron chi connectivity index (χ4n) is 2.31. The number of aryl methyl sites for hydroxylation is 1. The van der Waals surface area contributed by atoms with Crippen molar-refractivity contribution in [2.24, 2.45) is 5.41 Å². The van der Waals surface area contributed by atoms with Gasteiger partial charge in [0.1, 0.15) is 12.4 Å². The van der Waals surface area contributed by atoms with E-state index in [9.17, 15) is 4.79 Å². The zero-order chi connectivity index (χ0) is 13.3. The van der Waals surface area contributed by atoms with Crippen LogP contribution in [0.15, 0.2) is 18.2 Å². The summed E-state index contributed by atoms with van der Waals surface area (Å²) < 4.78 is 10.3. The number of hydrogen-bond donors (Lipinski definition) is 1. The number of carbonyl (C=O) groups excluding carboxylic acids is 1. The molecule has 0 aromatic heterocycles. The highest BCUT2D eigenvalue weighted by Crippen LogP contribution is 2.37. The number of alkyl carbamates (subject to hydrolysis) is 1. The van der Waals surface area contributed by atoms with Crippen LogP contribution in [-0.2, 0) is 4.74 Å². The number of benzene rings is 1. The van der Waals surface area contributed by atoms with Crippen molar-refractivity contribution in [1.82, 2.24) is 5.32 Å². The Labute approximate surface area is 107 Å². The summed E-state index contributed by atoms with van der Waals surface area (Å²) >= 11 is 0. The minimum Gasteiger partial charge on any atom is -0.496 e. The highest BCUT2D eigenvalue weighted by molar-refractivity contribution is 5.69. The maximum Gasteiger partial charge on any atom is 0.407 e. The molecule has 4 heteroatoms. The van der Waals surface area contributed by atoms with E-state index in [0.29, 0.717) is 6.61 Å². The summed E-state index contributed by atoms with van der Waals surface area (Å²) in [7, 11) is 1.65. The Morgan fingerprint density at radius 1 is 1.44 bits per heavy atom. The monoisotopic (exact) mass is 249 g/mol. The first-order chi connectivity index (χ1) is 8.44. The lowest BCUT2D eigenvalue weighted by molar-refractivity contribution is 0.0387. The molecule has 1 aliphatic heterocycles. The van der Waals surface area contributed by atoms with Crippen LogP contribution in [0.4, 0.5) is 4.79 Å². The molecule has 0 spiro atoms. The van der Waals surface area contributed by atoms with Gasteiger partial charge in [-0.15, -0.1) is 0 Å². The van der Waals surface area contributed by atoms with Crippen LogP contribution in [-0.4, -0.2) is 19.8 Å². The quantitative estimate of drug-likeness (QED) is 0.876. The summed E-state index contributed by atoms with van der Waals surface area (Å²) in [6, 6.07) is 5.94. The van der Waals surface area contributed by atoms with E-state index < -0.39 is 0 Å². The Morgan fingerprint density at radius 2 is 2.17 bits per heavy atom. The Morgan fingerprint density at radius 3 is 2.78 bits per heavy atom. The molecule has 1 aromatic carbocycles. The first kappa shape index (κ1) is 12.7. The minimum absolute atomic E-state index is 0.0386. The second-order valence-corrected chi connectivity index (χ2v) is 5.37. The van der Waals surface area contributed by atoms with Gasteiger partial charge >= 0.3 is 6.09 Å². The molecule has 4 nitrogen and oxygen atoms in total. The van der Waals surface area contributed by atoms with Gasteiger partial charge < -0.3 is 14.8 Å². The zero-order valence-corrected chi connectivity index (χ0v) is 11.2. The molecule has 0 saturated carbocycles. The number of amides is 1. The smallest absolute Gasteiger partial charge is 0.407 e. The Hall–Kier alpha value is -1.71. The number of cyclic esters (lactones) is 1. The largest absolute Gasteiger partial charge is 0.496 e. The third-order valence-electron chi connectivity index (χ3n) is 3.37. The average molecular weight is 249 g/mol. The molecule has 1 heterocycles. The van der Waals surface area contributed by atoms with Crippen LogP contribution >= 0.6 is 0 Å². The van der Waals surface area contributed by atoms with Crippen molar-refractivity contribution < 1.29 is 14.3 Å². The molecule has 1 fully saturated rings. The van der Waals surface area contributed by atoms with Crippen molar-refractivity contribution in [1.29, 1.82) is 0 Å². The van der Waals surface area contributed by atoms with Crippen molar-refractivity contribution in [3.8, 4) is 5.75 Å². The van der Waals surface area contributed by atoms with Gasteiger partial charge in [0.15, 0.2) is 0 Å². The number of ether oxygens (including phenoxy) is 2. The van der Waals surface area contributed by atoms with Gasteiger partial charge in [-0.3, -0.25) is 0 Å². The summed E-state index contributed by atoms with van der Waals surface area (Å²) in [5, 5.41) is 2.89. The van der Waals surface area contributed by atoms with Crippen LogP contribution in [0.2, 0.25) is 0 Å². The van der Waals surface area contributed by atoms with E-state index in [1.165, 1.54) is 0 Å². The van der Waals surface area contributed by atoms with E-state index in [1.54, 1.807) is 7.11 Å². The van der Waals surface area contributed by atoms with E-state index in [0.717, 1.165) is 16.9 Å². The lowest BCUT2D eigenvalue weighted by Crippen LogP contribution is -2.46. The van der Waals surface area contributed by atoms with E-state index in [-0.39, 0.29) is 17.6 Å². The van der Waals surface area contributed by atoms with Gasteiger partial charge in [0, 0.05) is 5.41 Å². The summed E-state index contributed by atoms with van der Waals surface area (Å²) in [6.07, 6.45) is -0.354. The molecule has 1 N–H and O–H groups in total. The van der Waals surface area contributed by atoms with Crippen molar-refractivity contribution in [2.45, 2.75) is 26.8 Å². The predicted molar refractivity (Wildman–Crippen MR) is 68.7 cm³/mol. The Kier molecular flexibility index (Phi) is 3.20. The van der Waals surface area contributed by atoms with Crippen molar-refractivity contribution in [2.75, 3.05) is 13.7 Å². The van der Waals surface area contributed by atoms with Crippen LogP contribution in [0.3, 0.4) is 0 Å². The number of hydrogen-bond acceptors (Lipinski definition) is 3. The third kappa shape index (κ3) is 2.28. The number of rotatable bonds is 2. The first-order valence-electron chi connectivity index (χ1n) is 6.02. The molecule has 1 amide bonds. The zero-order valence-electron chi connectivity index (χ0n) is 11.2. The van der Waals surface area contributed by atoms with Crippen LogP contribution in [0.5, 0.6) is 5.75 Å². The molecule has 0 radical (unpaired) electrons. The molecule has 1 aromatic rings. The van der Waals surface area contributed by atoms with E-state index >= 15 is 0 Å². The van der Waals surface area contributed by atoms with Crippen LogP contribution < -0.4 is 10.1 Å². The molecule has 1 aliphatic rings. The normalized spacial score (nSPS) is 22.0. The predicted octanol–water partition coefficient (Wildman–Crippen LogP) is 2.81. The lowest BCUT2D eigenvalue weighted by atomic mass is 9.80. The van der Waals surface area contributed by atoms with E-state index in [1.807, 2.05) is 19.1 Å². The SMILES string of the molecule is COc1ccc([C@H]2NC(=O)OCC2(C)C)cc1C. The summed E-state index contributed by atoms with van der Waals surface area (Å²) in [5.41, 5.74) is 2.01. The Bertz CT molecular complexity index is 468. The number of methoxy groups -OCH3 is 1. The van der Waals surface area contributed by atoms with Crippen molar-refractivity contribution >= 4 is 6.09 Å². The molecular formula is C14H19NO3. The molecule has 2 rings (SSSR count). The number of nitrogens with one attached hydrogen (secondary N) is 1. The molecule has 1 atom stereocenters. The highest BCUT2D eigenvalue weighted by atomic mass is 16.6. The van der Waals surface area contributed by atoms with Crippen molar-refractivity contribution in [3.63, 3.8) is 0 Å². The molecule has 0 aliphatic carbocycles. The molecule has 0 bridgehead atoms. The van der Waals surface area contributed by atoms with Crippen LogP contribution in [0.1, 0.15) is 31.0 Å². The molecule has 0 unspecified atom stereocenters. The molecule has 18 heavy (non-hydrogen) atoms. The van der Waals surface area contributed by atoms with Gasteiger partial charge in [-0.25, -0.2) is 4.79 Å². The summed E-state index contributed by atoms with van der Waals surface area (Å²) in [5.74, 6) is 0.856. The average Bonchev–Trinajstić information content (AvgIpc) is 2.32. The van der Waals surface area contributed by atoms with Gasteiger partial charge in [0.05, 0.1) is 13.2 Å². The van der Waals surface area contributed by atoms with Gasteiger partial charge in [-0.1, -0.05) is 26.0 Å². The van der Waals surface area contributed by atoms with Gasteiger partial charge in [0.25, 0.3) is 0 Å². The minimum atomic E-state index is -0.354. The standard InChI is InChI=1S/C14H19NO3/c1-9-7-10(5-6-11(9)17-4)12-14(2,3)8-18-13(16)15-12/h5-7,12H,8H2,1-4H3,(H,15,16)/t12-/m1/s1. The third-order valence-corrected chi connectivity index (χ3v) is 3.37. The van der Waals surface area contributed by atoms with Crippen LogP contribution in [0.25, 0.3) is 0 Å². The van der Waals surface area contributed by atoms with Gasteiger partial charge in [-0.05, 0) is 24.1 Å². The second kappa shape index (κ2) is 4.52. The fraction of sp³-hybridized carbons (Fsp3) is 0.500. The molecule has 1 saturated heterocycles. The van der Waals surface area contributed by atoms with E-state index in [4.69, 9.17) is 9.47 Å². The first-order valence-corrected chi connectivity index (χ1v) is 6.02. The topological polar surface area (TPSA) is 47.6 Å². The molecular weight excluding hydrogens is 230 g/mol. The summed E-state index contributed by atoms with van der Waals surface area (Å²) in [6.45, 7) is 6.58. The Balaban J connectivity index is 2.34. The second-order valence-electron chi connectivity index (χ2n) is 5.37. The van der Waals surface area contributed by atoms with Crippen molar-refractivity contribution in [3.05, 3.63) is 29.3 Å². The molecule has 98 valence electrons. The lowest BCUT2D eigenvalue weighted by Gasteiger charge is -2.38.